The monoisotopic (exact) mass is 440 g/mol. The van der Waals surface area contributed by atoms with Gasteiger partial charge in [0.15, 0.2) is 12.2 Å². The summed E-state index contributed by atoms with van der Waals surface area (Å²) in [6.45, 7) is 7.63. The summed E-state index contributed by atoms with van der Waals surface area (Å²) in [5.74, 6) is -2.07. The summed E-state index contributed by atoms with van der Waals surface area (Å²) in [6.07, 6.45) is 1.37. The number of Topliss-reactive ketones (excluding diaryl/α,β-unsaturated/α-hetero) is 1. The normalized spacial score (nSPS) is 17.3. The maximum Gasteiger partial charge on any atom is 0.202 e. The highest BCUT2D eigenvalue weighted by atomic mass is 16.5. The smallest absolute Gasteiger partial charge is 0.202 e. The van der Waals surface area contributed by atoms with Gasteiger partial charge < -0.3 is 30.3 Å². The lowest BCUT2D eigenvalue weighted by Gasteiger charge is -2.31. The van der Waals surface area contributed by atoms with Gasteiger partial charge in [-0.3, -0.25) is 4.79 Å². The molecular weight excluding hydrogens is 412 g/mol. The Morgan fingerprint density at radius 1 is 0.938 bits per heavy atom. The first-order chi connectivity index (χ1) is 15.0. The number of carbonyl (C=O) groups is 1. The molecule has 1 aliphatic heterocycles. The molecule has 0 saturated heterocycles. The Bertz CT molecular complexity index is 1120. The molecule has 2 atom stereocenters. The van der Waals surface area contributed by atoms with E-state index in [0.29, 0.717) is 12.0 Å². The standard InChI is InChI=1S/C25H28O7/c1-12(2)5-7-14-9-17(22(29)16(21(14)28)8-6-13(3)4)25-24(31)23(30)20-18(27)10-15(26)11-19(20)32-25/h5-6,9-11,24-29,31H,7-8H2,1-4H3. The summed E-state index contributed by atoms with van der Waals surface area (Å²) in [6, 6.07) is 3.66. The summed E-state index contributed by atoms with van der Waals surface area (Å²) in [5.41, 5.74) is 2.68. The summed E-state index contributed by atoms with van der Waals surface area (Å²) < 4.78 is 5.78. The summed E-state index contributed by atoms with van der Waals surface area (Å²) in [7, 11) is 0. The number of carbonyl (C=O) groups excluding carboxylic acids is 1. The quantitative estimate of drug-likeness (QED) is 0.441. The number of aliphatic hydroxyl groups excluding tert-OH is 1. The van der Waals surface area contributed by atoms with E-state index >= 15 is 0 Å². The van der Waals surface area contributed by atoms with E-state index in [9.17, 15) is 30.3 Å². The van der Waals surface area contributed by atoms with Crippen molar-refractivity contribution in [2.75, 3.05) is 0 Å². The highest BCUT2D eigenvalue weighted by Crippen LogP contribution is 2.46. The molecule has 1 aliphatic rings. The second kappa shape index (κ2) is 8.96. The molecule has 0 amide bonds. The molecule has 7 heteroatoms. The van der Waals surface area contributed by atoms with Gasteiger partial charge in [-0.05, 0) is 52.2 Å². The molecule has 32 heavy (non-hydrogen) atoms. The number of rotatable bonds is 5. The zero-order valence-electron chi connectivity index (χ0n) is 18.5. The molecule has 0 saturated carbocycles. The molecule has 1 heterocycles. The fraction of sp³-hybridized carbons (Fsp3) is 0.320. The molecule has 2 aromatic carbocycles. The van der Waals surface area contributed by atoms with Gasteiger partial charge in [-0.25, -0.2) is 0 Å². The molecule has 7 nitrogen and oxygen atoms in total. The van der Waals surface area contributed by atoms with Crippen molar-refractivity contribution >= 4 is 5.78 Å². The number of benzene rings is 2. The van der Waals surface area contributed by atoms with E-state index in [0.717, 1.165) is 23.3 Å². The van der Waals surface area contributed by atoms with Crippen molar-refractivity contribution in [1.29, 1.82) is 0 Å². The number of phenolic OH excluding ortho intramolecular Hbond substituents is 4. The summed E-state index contributed by atoms with van der Waals surface area (Å²) >= 11 is 0. The van der Waals surface area contributed by atoms with Crippen LogP contribution in [0, 0.1) is 0 Å². The maximum atomic E-state index is 12.8. The number of aliphatic hydroxyl groups is 1. The molecule has 0 bridgehead atoms. The minimum atomic E-state index is -1.71. The zero-order chi connectivity index (χ0) is 23.7. The van der Waals surface area contributed by atoms with Crippen molar-refractivity contribution in [2.24, 2.45) is 0 Å². The lowest BCUT2D eigenvalue weighted by Crippen LogP contribution is -2.36. The Labute approximate surface area is 186 Å². The first-order valence-corrected chi connectivity index (χ1v) is 10.3. The van der Waals surface area contributed by atoms with E-state index in [4.69, 9.17) is 4.74 Å². The molecular formula is C25H28O7. The van der Waals surface area contributed by atoms with Crippen molar-refractivity contribution in [3.8, 4) is 28.7 Å². The Hall–Kier alpha value is -3.45. The fourth-order valence-corrected chi connectivity index (χ4v) is 3.64. The van der Waals surface area contributed by atoms with Crippen LogP contribution in [0.15, 0.2) is 41.5 Å². The third kappa shape index (κ3) is 4.43. The van der Waals surface area contributed by atoms with Gasteiger partial charge in [-0.15, -0.1) is 0 Å². The first kappa shape index (κ1) is 23.2. The number of ether oxygens (including phenoxy) is 1. The van der Waals surface area contributed by atoms with Crippen LogP contribution in [0.2, 0.25) is 0 Å². The van der Waals surface area contributed by atoms with Gasteiger partial charge in [0, 0.05) is 23.3 Å². The number of aromatic hydroxyl groups is 4. The van der Waals surface area contributed by atoms with Crippen molar-refractivity contribution in [3.63, 3.8) is 0 Å². The summed E-state index contributed by atoms with van der Waals surface area (Å²) in [4.78, 5) is 12.8. The fourth-order valence-electron chi connectivity index (χ4n) is 3.64. The maximum absolute atomic E-state index is 12.8. The van der Waals surface area contributed by atoms with E-state index in [1.165, 1.54) is 6.07 Å². The van der Waals surface area contributed by atoms with Gasteiger partial charge in [-0.2, -0.15) is 0 Å². The number of ketones is 1. The topological polar surface area (TPSA) is 127 Å². The van der Waals surface area contributed by atoms with Crippen LogP contribution in [0.25, 0.3) is 0 Å². The van der Waals surface area contributed by atoms with E-state index in [-0.39, 0.29) is 46.1 Å². The van der Waals surface area contributed by atoms with Gasteiger partial charge in [0.25, 0.3) is 0 Å². The Kier molecular flexibility index (Phi) is 6.50. The first-order valence-electron chi connectivity index (χ1n) is 10.3. The number of phenols is 4. The molecule has 0 radical (unpaired) electrons. The minimum absolute atomic E-state index is 0.0615. The van der Waals surface area contributed by atoms with Crippen LogP contribution in [0.4, 0.5) is 0 Å². The van der Waals surface area contributed by atoms with Crippen LogP contribution in [-0.2, 0) is 12.8 Å². The average Bonchev–Trinajstić information content (AvgIpc) is 2.69. The van der Waals surface area contributed by atoms with Crippen LogP contribution in [0.5, 0.6) is 28.7 Å². The molecule has 5 N–H and O–H groups in total. The van der Waals surface area contributed by atoms with Gasteiger partial charge in [0.1, 0.15) is 34.3 Å². The second-order valence-corrected chi connectivity index (χ2v) is 8.46. The van der Waals surface area contributed by atoms with Crippen molar-refractivity contribution in [1.82, 2.24) is 0 Å². The van der Waals surface area contributed by atoms with Crippen LogP contribution >= 0.6 is 0 Å². The van der Waals surface area contributed by atoms with Crippen LogP contribution in [-0.4, -0.2) is 37.4 Å². The molecule has 2 aromatic rings. The van der Waals surface area contributed by atoms with Crippen molar-refractivity contribution in [3.05, 3.63) is 63.8 Å². The van der Waals surface area contributed by atoms with Crippen LogP contribution in [0.1, 0.15) is 60.8 Å². The lowest BCUT2D eigenvalue weighted by atomic mass is 9.88. The van der Waals surface area contributed by atoms with Crippen molar-refractivity contribution in [2.45, 2.75) is 52.7 Å². The average molecular weight is 440 g/mol. The minimum Gasteiger partial charge on any atom is -0.508 e. The largest absolute Gasteiger partial charge is 0.508 e. The number of allylic oxidation sites excluding steroid dienone is 4. The Morgan fingerprint density at radius 2 is 1.56 bits per heavy atom. The number of fused-ring (bicyclic) bond motifs is 1. The van der Waals surface area contributed by atoms with Crippen molar-refractivity contribution < 1.29 is 35.1 Å². The Morgan fingerprint density at radius 3 is 2.19 bits per heavy atom. The lowest BCUT2D eigenvalue weighted by molar-refractivity contribution is 0.0202. The molecule has 0 spiro atoms. The molecule has 170 valence electrons. The van der Waals surface area contributed by atoms with Gasteiger partial charge in [-0.1, -0.05) is 23.3 Å². The molecule has 0 aromatic heterocycles. The van der Waals surface area contributed by atoms with E-state index in [1.54, 1.807) is 0 Å². The zero-order valence-corrected chi connectivity index (χ0v) is 18.5. The third-order valence-corrected chi connectivity index (χ3v) is 5.35. The van der Waals surface area contributed by atoms with E-state index < -0.39 is 23.7 Å². The molecule has 2 unspecified atom stereocenters. The predicted molar refractivity (Wildman–Crippen MR) is 120 cm³/mol. The van der Waals surface area contributed by atoms with Crippen LogP contribution < -0.4 is 4.74 Å². The van der Waals surface area contributed by atoms with E-state index in [2.05, 4.69) is 0 Å². The van der Waals surface area contributed by atoms with Crippen LogP contribution in [0.3, 0.4) is 0 Å². The van der Waals surface area contributed by atoms with Gasteiger partial charge in [0.2, 0.25) is 5.78 Å². The Balaban J connectivity index is 2.18. The summed E-state index contributed by atoms with van der Waals surface area (Å²) in [5, 5.41) is 52.3. The second-order valence-electron chi connectivity index (χ2n) is 8.46. The number of hydrogen-bond acceptors (Lipinski definition) is 7. The number of hydrogen-bond donors (Lipinski definition) is 5. The molecule has 3 rings (SSSR count). The highest BCUT2D eigenvalue weighted by molar-refractivity contribution is 6.05. The van der Waals surface area contributed by atoms with Gasteiger partial charge >= 0.3 is 0 Å². The predicted octanol–water partition coefficient (Wildman–Crippen LogP) is 4.20. The molecule has 0 aliphatic carbocycles. The molecule has 0 fully saturated rings. The van der Waals surface area contributed by atoms with E-state index in [1.807, 2.05) is 39.8 Å². The third-order valence-electron chi connectivity index (χ3n) is 5.35. The highest BCUT2D eigenvalue weighted by Gasteiger charge is 2.41. The van der Waals surface area contributed by atoms with Gasteiger partial charge in [0.05, 0.1) is 0 Å². The SMILES string of the molecule is CC(C)=CCc1cc(C2Oc3cc(O)cc(O)c3C(=O)C2O)c(O)c(CC=C(C)C)c1O.